The lowest BCUT2D eigenvalue weighted by atomic mass is 9.99. The Kier molecular flexibility index (Phi) is 6.46. The number of piperidine rings is 1. The Bertz CT molecular complexity index is 1090. The Morgan fingerprint density at radius 2 is 1.94 bits per heavy atom. The predicted octanol–water partition coefficient (Wildman–Crippen LogP) is 4.35. The number of ether oxygens (including phenoxy) is 1. The van der Waals surface area contributed by atoms with Gasteiger partial charge in [0.25, 0.3) is 0 Å². The van der Waals surface area contributed by atoms with Crippen molar-refractivity contribution >= 4 is 23.5 Å². The molecule has 1 aromatic carbocycles. The number of rotatable bonds is 6. The molecule has 0 bridgehead atoms. The molecule has 6 nitrogen and oxygen atoms in total. The van der Waals surface area contributed by atoms with E-state index in [1.807, 2.05) is 70.2 Å². The van der Waals surface area contributed by atoms with E-state index in [0.717, 1.165) is 48.1 Å². The molecule has 1 amide bonds. The van der Waals surface area contributed by atoms with Gasteiger partial charge in [0, 0.05) is 49.3 Å². The molecule has 1 atom stereocenters. The predicted molar refractivity (Wildman–Crippen MR) is 120 cm³/mol. The average Bonchev–Trinajstić information content (AvgIpc) is 3.17. The van der Waals surface area contributed by atoms with E-state index in [0.29, 0.717) is 13.0 Å². The van der Waals surface area contributed by atoms with Crippen molar-refractivity contribution in [2.45, 2.75) is 38.6 Å². The van der Waals surface area contributed by atoms with Crippen molar-refractivity contribution in [2.24, 2.45) is 0 Å². The molecule has 6 heteroatoms. The van der Waals surface area contributed by atoms with E-state index in [-0.39, 0.29) is 17.9 Å². The zero-order chi connectivity index (χ0) is 21.6. The molecule has 3 heterocycles. The van der Waals surface area contributed by atoms with Crippen LogP contribution in [0, 0.1) is 0 Å². The monoisotopic (exact) mass is 417 g/mol. The molecule has 1 unspecified atom stereocenters. The highest BCUT2D eigenvalue weighted by Crippen LogP contribution is 2.28. The van der Waals surface area contributed by atoms with Crippen LogP contribution in [-0.4, -0.2) is 45.6 Å². The third kappa shape index (κ3) is 4.85. The fraction of sp³-hybridized carbons (Fsp3) is 0.320. The summed E-state index contributed by atoms with van der Waals surface area (Å²) in [5, 5.41) is 4.74. The molecule has 2 aromatic heterocycles. The second kappa shape index (κ2) is 9.60. The SMILES string of the molecule is CC(=O)OCCC1CCCCN1C(=O)C=Cc1c(-c2ccccc2)nn2ccccc12. The second-order valence-corrected chi connectivity index (χ2v) is 7.80. The summed E-state index contributed by atoms with van der Waals surface area (Å²) in [7, 11) is 0. The largest absolute Gasteiger partial charge is 0.466 e. The van der Waals surface area contributed by atoms with Crippen molar-refractivity contribution in [3.8, 4) is 11.3 Å². The van der Waals surface area contributed by atoms with Gasteiger partial charge in [-0.1, -0.05) is 36.4 Å². The molecule has 1 aliphatic heterocycles. The number of hydrogen-bond acceptors (Lipinski definition) is 4. The van der Waals surface area contributed by atoms with E-state index in [1.54, 1.807) is 6.08 Å². The molecule has 31 heavy (non-hydrogen) atoms. The van der Waals surface area contributed by atoms with Gasteiger partial charge in [-0.15, -0.1) is 0 Å². The van der Waals surface area contributed by atoms with Crippen molar-refractivity contribution in [2.75, 3.05) is 13.2 Å². The molecule has 160 valence electrons. The van der Waals surface area contributed by atoms with Gasteiger partial charge in [0.15, 0.2) is 0 Å². The number of hydrogen-bond donors (Lipinski definition) is 0. The standard InChI is InChI=1S/C25H27N3O3/c1-19(29)31-18-15-21-11-5-7-16-27(21)24(30)14-13-22-23-12-6-8-17-28(23)26-25(22)20-9-3-2-4-10-20/h2-4,6,8-10,12-14,17,21H,5,7,11,15-16,18H2,1H3. The van der Waals surface area contributed by atoms with E-state index >= 15 is 0 Å². The minimum absolute atomic E-state index is 0.0122. The summed E-state index contributed by atoms with van der Waals surface area (Å²) in [6, 6.07) is 16.0. The highest BCUT2D eigenvalue weighted by Gasteiger charge is 2.25. The number of amides is 1. The summed E-state index contributed by atoms with van der Waals surface area (Å²) >= 11 is 0. The molecule has 1 saturated heterocycles. The van der Waals surface area contributed by atoms with Gasteiger partial charge in [-0.2, -0.15) is 5.10 Å². The lowest BCUT2D eigenvalue weighted by molar-refractivity contribution is -0.141. The minimum Gasteiger partial charge on any atom is -0.466 e. The van der Waals surface area contributed by atoms with Gasteiger partial charge < -0.3 is 9.64 Å². The molecule has 0 spiro atoms. The number of esters is 1. The lowest BCUT2D eigenvalue weighted by Gasteiger charge is -2.35. The third-order valence-electron chi connectivity index (χ3n) is 5.68. The third-order valence-corrected chi connectivity index (χ3v) is 5.68. The van der Waals surface area contributed by atoms with E-state index < -0.39 is 0 Å². The molecular formula is C25H27N3O3. The Morgan fingerprint density at radius 3 is 2.74 bits per heavy atom. The number of benzene rings is 1. The van der Waals surface area contributed by atoms with Crippen LogP contribution in [0.25, 0.3) is 22.9 Å². The summed E-state index contributed by atoms with van der Waals surface area (Å²) in [5.74, 6) is -0.295. The lowest BCUT2D eigenvalue weighted by Crippen LogP contribution is -2.43. The highest BCUT2D eigenvalue weighted by molar-refractivity contribution is 5.95. The van der Waals surface area contributed by atoms with Crippen LogP contribution >= 0.6 is 0 Å². The van der Waals surface area contributed by atoms with Gasteiger partial charge >= 0.3 is 5.97 Å². The van der Waals surface area contributed by atoms with Crippen LogP contribution < -0.4 is 0 Å². The summed E-state index contributed by atoms with van der Waals surface area (Å²) in [5.41, 5.74) is 3.74. The van der Waals surface area contributed by atoms with Gasteiger partial charge in [-0.05, 0) is 37.5 Å². The quantitative estimate of drug-likeness (QED) is 0.442. The number of carbonyl (C=O) groups excluding carboxylic acids is 2. The van der Waals surface area contributed by atoms with Gasteiger partial charge in [0.05, 0.1) is 12.1 Å². The Hall–Kier alpha value is -3.41. The first-order valence-corrected chi connectivity index (χ1v) is 10.8. The molecule has 0 N–H and O–H groups in total. The van der Waals surface area contributed by atoms with Crippen LogP contribution in [-0.2, 0) is 14.3 Å². The first-order valence-electron chi connectivity index (χ1n) is 10.8. The van der Waals surface area contributed by atoms with Crippen LogP contribution in [0.5, 0.6) is 0 Å². The number of fused-ring (bicyclic) bond motifs is 1. The molecule has 4 rings (SSSR count). The van der Waals surface area contributed by atoms with Gasteiger partial charge in [0.2, 0.25) is 5.91 Å². The van der Waals surface area contributed by atoms with Crippen molar-refractivity contribution in [1.82, 2.24) is 14.5 Å². The van der Waals surface area contributed by atoms with Crippen LogP contribution in [0.15, 0.2) is 60.8 Å². The maximum absolute atomic E-state index is 13.1. The normalized spacial score (nSPS) is 16.7. The number of aromatic nitrogens is 2. The van der Waals surface area contributed by atoms with Gasteiger partial charge in [0.1, 0.15) is 5.69 Å². The molecule has 3 aromatic rings. The van der Waals surface area contributed by atoms with Gasteiger partial charge in [-0.25, -0.2) is 4.52 Å². The highest BCUT2D eigenvalue weighted by atomic mass is 16.5. The average molecular weight is 418 g/mol. The zero-order valence-electron chi connectivity index (χ0n) is 17.7. The number of carbonyl (C=O) groups is 2. The number of nitrogens with zero attached hydrogens (tertiary/aromatic N) is 3. The summed E-state index contributed by atoms with van der Waals surface area (Å²) in [6.07, 6.45) is 9.14. The van der Waals surface area contributed by atoms with Gasteiger partial charge in [-0.3, -0.25) is 9.59 Å². The summed E-state index contributed by atoms with van der Waals surface area (Å²) in [6.45, 7) is 2.49. The van der Waals surface area contributed by atoms with Crippen molar-refractivity contribution in [1.29, 1.82) is 0 Å². The summed E-state index contributed by atoms with van der Waals surface area (Å²) < 4.78 is 6.94. The Labute approximate surface area is 182 Å². The molecule has 0 saturated carbocycles. The Balaban J connectivity index is 1.58. The molecular weight excluding hydrogens is 390 g/mol. The fourth-order valence-corrected chi connectivity index (χ4v) is 4.17. The fourth-order valence-electron chi connectivity index (χ4n) is 4.17. The van der Waals surface area contributed by atoms with E-state index in [1.165, 1.54) is 6.92 Å². The first-order chi connectivity index (χ1) is 15.1. The van der Waals surface area contributed by atoms with Crippen LogP contribution in [0.2, 0.25) is 0 Å². The summed E-state index contributed by atoms with van der Waals surface area (Å²) in [4.78, 5) is 26.1. The van der Waals surface area contributed by atoms with Crippen LogP contribution in [0.1, 0.15) is 38.2 Å². The van der Waals surface area contributed by atoms with Crippen molar-refractivity contribution in [3.63, 3.8) is 0 Å². The molecule has 0 radical (unpaired) electrons. The topological polar surface area (TPSA) is 63.9 Å². The van der Waals surface area contributed by atoms with Crippen molar-refractivity contribution in [3.05, 3.63) is 66.4 Å². The first kappa shape index (κ1) is 20.8. The Morgan fingerprint density at radius 1 is 1.13 bits per heavy atom. The van der Waals surface area contributed by atoms with E-state index in [2.05, 4.69) is 0 Å². The molecule has 1 fully saturated rings. The zero-order valence-corrected chi connectivity index (χ0v) is 17.7. The maximum atomic E-state index is 13.1. The van der Waals surface area contributed by atoms with Crippen LogP contribution in [0.3, 0.4) is 0 Å². The smallest absolute Gasteiger partial charge is 0.302 e. The molecule has 0 aliphatic carbocycles. The number of pyridine rings is 1. The maximum Gasteiger partial charge on any atom is 0.302 e. The molecule has 1 aliphatic rings. The minimum atomic E-state index is -0.282. The van der Waals surface area contributed by atoms with E-state index in [9.17, 15) is 9.59 Å². The van der Waals surface area contributed by atoms with E-state index in [4.69, 9.17) is 9.84 Å². The number of likely N-dealkylation sites (tertiary alicyclic amines) is 1. The van der Waals surface area contributed by atoms with Crippen LogP contribution in [0.4, 0.5) is 0 Å². The van der Waals surface area contributed by atoms with Crippen molar-refractivity contribution < 1.29 is 14.3 Å². The second-order valence-electron chi connectivity index (χ2n) is 7.80.